The van der Waals surface area contributed by atoms with Crippen LogP contribution in [0.4, 0.5) is 4.79 Å². The zero-order valence-corrected chi connectivity index (χ0v) is 18.3. The molecule has 30 heavy (non-hydrogen) atoms. The lowest BCUT2D eigenvalue weighted by molar-refractivity contribution is -0.538. The van der Waals surface area contributed by atoms with Gasteiger partial charge in [0, 0.05) is 13.5 Å². The summed E-state index contributed by atoms with van der Waals surface area (Å²) in [6.45, 7) is 8.39. The minimum Gasteiger partial charge on any atom is -0.368 e. The minimum atomic E-state index is -0.792. The summed E-state index contributed by atoms with van der Waals surface area (Å²) in [4.78, 5) is 44.3. The van der Waals surface area contributed by atoms with Crippen LogP contribution in [0.3, 0.4) is 0 Å². The van der Waals surface area contributed by atoms with E-state index in [2.05, 4.69) is 18.9 Å². The second kappa shape index (κ2) is 8.37. The third-order valence-electron chi connectivity index (χ3n) is 5.40. The van der Waals surface area contributed by atoms with Crippen LogP contribution in [0.5, 0.6) is 0 Å². The number of likely N-dealkylation sites (N-methyl/N-ethyl adjacent to an activating group) is 1. The lowest BCUT2D eigenvalue weighted by atomic mass is 10.1. The number of fused-ring (bicyclic) bond motifs is 1. The highest BCUT2D eigenvalue weighted by Gasteiger charge is 2.53. The Labute approximate surface area is 176 Å². The highest BCUT2D eigenvalue weighted by atomic mass is 16.2. The van der Waals surface area contributed by atoms with E-state index in [0.717, 1.165) is 35.6 Å². The van der Waals surface area contributed by atoms with Crippen molar-refractivity contribution in [1.29, 1.82) is 0 Å². The maximum atomic E-state index is 13.3. The summed E-state index contributed by atoms with van der Waals surface area (Å²) in [6.07, 6.45) is 2.36. The van der Waals surface area contributed by atoms with Crippen LogP contribution in [0.2, 0.25) is 0 Å². The number of carbonyl (C=O) groups is 3. The Morgan fingerprint density at radius 1 is 1.27 bits per heavy atom. The summed E-state index contributed by atoms with van der Waals surface area (Å²) in [6, 6.07) is 0.635. The first kappa shape index (κ1) is 21.7. The second-order valence-corrected chi connectivity index (χ2v) is 8.03. The van der Waals surface area contributed by atoms with Crippen LogP contribution in [-0.4, -0.2) is 80.0 Å². The first-order valence-corrected chi connectivity index (χ1v) is 10.4. The monoisotopic (exact) mass is 416 g/mol. The van der Waals surface area contributed by atoms with Gasteiger partial charge in [0.05, 0.1) is 12.2 Å². The molecule has 1 fully saturated rings. The van der Waals surface area contributed by atoms with Gasteiger partial charge in [-0.3, -0.25) is 19.4 Å². The van der Waals surface area contributed by atoms with Crippen LogP contribution >= 0.6 is 0 Å². The van der Waals surface area contributed by atoms with Gasteiger partial charge in [-0.15, -0.1) is 9.78 Å². The zero-order valence-electron chi connectivity index (χ0n) is 18.3. The molecule has 1 aromatic heterocycles. The van der Waals surface area contributed by atoms with Crippen molar-refractivity contribution in [3.63, 3.8) is 0 Å². The van der Waals surface area contributed by atoms with E-state index < -0.39 is 30.4 Å². The van der Waals surface area contributed by atoms with Gasteiger partial charge in [-0.05, 0) is 24.8 Å². The molecular formula is C20H30N7O3+. The Morgan fingerprint density at radius 2 is 1.97 bits per heavy atom. The average molecular weight is 417 g/mol. The third-order valence-corrected chi connectivity index (χ3v) is 5.40. The molecule has 0 saturated carbocycles. The van der Waals surface area contributed by atoms with Gasteiger partial charge < -0.3 is 5.73 Å². The molecule has 10 nitrogen and oxygen atoms in total. The Morgan fingerprint density at radius 3 is 2.53 bits per heavy atom. The fourth-order valence-corrected chi connectivity index (χ4v) is 3.68. The molecule has 0 aliphatic carbocycles. The van der Waals surface area contributed by atoms with E-state index in [1.165, 1.54) is 4.90 Å². The number of hydrogen-bond donors (Lipinski definition) is 1. The zero-order chi connectivity index (χ0) is 22.2. The smallest absolute Gasteiger partial charge is 0.368 e. The van der Waals surface area contributed by atoms with Crippen LogP contribution in [0.1, 0.15) is 45.5 Å². The lowest BCUT2D eigenvalue weighted by Gasteiger charge is -2.33. The number of carbonyl (C=O) groups excluding carboxylic acids is 3. The van der Waals surface area contributed by atoms with E-state index >= 15 is 0 Å². The first-order valence-electron chi connectivity index (χ1n) is 10.4. The molecule has 0 radical (unpaired) electrons. The number of hydrogen-bond acceptors (Lipinski definition) is 5. The fourth-order valence-electron chi connectivity index (χ4n) is 3.68. The largest absolute Gasteiger partial charge is 0.421 e. The predicted molar refractivity (Wildman–Crippen MR) is 111 cm³/mol. The van der Waals surface area contributed by atoms with Crippen LogP contribution in [-0.2, 0) is 22.4 Å². The standard InChI is InChI=1S/C20H29N7O3/c1-6-13-10-14(7-2)27(23-13)19-22-17-16(25(19)9-8-12(3)4)18(29)26(11-15(21)28)20(30)24(17)5/h10,12,16H,6-9,11H2,1-5H3,(H-,21,28)/p+1. The maximum Gasteiger partial charge on any atom is 0.421 e. The van der Waals surface area contributed by atoms with E-state index in [1.807, 2.05) is 24.5 Å². The summed E-state index contributed by atoms with van der Waals surface area (Å²) in [5.74, 6) is 0.0513. The summed E-state index contributed by atoms with van der Waals surface area (Å²) >= 11 is 0. The molecule has 3 rings (SSSR count). The highest BCUT2D eigenvalue weighted by Crippen LogP contribution is 2.22. The van der Waals surface area contributed by atoms with Gasteiger partial charge >= 0.3 is 12.0 Å². The molecule has 1 aromatic rings. The number of amidine groups is 1. The Kier molecular flexibility index (Phi) is 6.04. The lowest BCUT2D eigenvalue weighted by Crippen LogP contribution is -2.64. The van der Waals surface area contributed by atoms with Gasteiger partial charge in [0.25, 0.3) is 5.91 Å². The summed E-state index contributed by atoms with van der Waals surface area (Å²) < 4.78 is 3.66. The molecule has 1 atom stereocenters. The topological polar surface area (TPSA) is 117 Å². The van der Waals surface area contributed by atoms with Gasteiger partial charge in [-0.1, -0.05) is 32.7 Å². The molecule has 162 valence electrons. The van der Waals surface area contributed by atoms with Crippen molar-refractivity contribution in [1.82, 2.24) is 19.6 Å². The fraction of sp³-hybridized carbons (Fsp3) is 0.600. The van der Waals surface area contributed by atoms with Crippen molar-refractivity contribution >= 4 is 29.6 Å². The van der Waals surface area contributed by atoms with Crippen LogP contribution in [0.25, 0.3) is 0 Å². The van der Waals surface area contributed by atoms with Gasteiger partial charge in [0.1, 0.15) is 12.2 Å². The Hall–Kier alpha value is -3.04. The molecule has 0 spiro atoms. The van der Waals surface area contributed by atoms with Crippen molar-refractivity contribution in [3.8, 4) is 0 Å². The number of nitrogens with two attached hydrogens (primary N) is 1. The molecule has 0 bridgehead atoms. The molecule has 4 amide bonds. The molecule has 10 heteroatoms. The predicted octanol–water partition coefficient (Wildman–Crippen LogP) is 0.431. The van der Waals surface area contributed by atoms with Crippen molar-refractivity contribution < 1.29 is 19.0 Å². The number of aromatic nitrogens is 2. The molecule has 2 aliphatic rings. The number of imide groups is 1. The summed E-state index contributed by atoms with van der Waals surface area (Å²) in [5, 5.41) is 4.68. The normalized spacial score (nSPS) is 19.1. The van der Waals surface area contributed by atoms with E-state index in [4.69, 9.17) is 10.7 Å². The van der Waals surface area contributed by atoms with E-state index in [1.54, 1.807) is 11.7 Å². The molecule has 2 aliphatic heterocycles. The van der Waals surface area contributed by atoms with Crippen molar-refractivity contribution in [2.45, 2.75) is 53.0 Å². The molecule has 1 unspecified atom stereocenters. The van der Waals surface area contributed by atoms with Gasteiger partial charge in [0.2, 0.25) is 17.8 Å². The summed E-state index contributed by atoms with van der Waals surface area (Å²) in [5.41, 5.74) is 7.19. The van der Waals surface area contributed by atoms with Crippen LogP contribution in [0.15, 0.2) is 11.1 Å². The van der Waals surface area contributed by atoms with Gasteiger partial charge in [-0.25, -0.2) is 9.37 Å². The quantitative estimate of drug-likeness (QED) is 0.649. The highest BCUT2D eigenvalue weighted by molar-refractivity contribution is 6.23. The maximum absolute atomic E-state index is 13.3. The number of aliphatic imine (C=N–C) groups is 1. The molecule has 2 N–H and O–H groups in total. The molecule has 1 saturated heterocycles. The van der Waals surface area contributed by atoms with Crippen LogP contribution < -0.4 is 5.73 Å². The Balaban J connectivity index is 2.14. The van der Waals surface area contributed by atoms with E-state index in [0.29, 0.717) is 24.3 Å². The van der Waals surface area contributed by atoms with Crippen LogP contribution in [0, 0.1) is 5.92 Å². The number of rotatable bonds is 7. The summed E-state index contributed by atoms with van der Waals surface area (Å²) in [7, 11) is 1.56. The number of aryl methyl sites for hydroxylation is 2. The van der Waals surface area contributed by atoms with E-state index in [-0.39, 0.29) is 0 Å². The van der Waals surface area contributed by atoms with Crippen molar-refractivity contribution in [2.24, 2.45) is 16.6 Å². The minimum absolute atomic E-state index is 0.347. The second-order valence-electron chi connectivity index (χ2n) is 8.03. The number of primary amides is 1. The number of amides is 4. The third kappa shape index (κ3) is 3.73. The Bertz CT molecular complexity index is 944. The number of urea groups is 1. The van der Waals surface area contributed by atoms with Crippen molar-refractivity contribution in [3.05, 3.63) is 17.5 Å². The van der Waals surface area contributed by atoms with Crippen molar-refractivity contribution in [2.75, 3.05) is 20.1 Å². The molecule has 0 aromatic carbocycles. The molecular weight excluding hydrogens is 386 g/mol. The molecule has 3 heterocycles. The first-order chi connectivity index (χ1) is 14.2. The average Bonchev–Trinajstić information content (AvgIpc) is 3.28. The SMILES string of the molecule is CCc1cc(CC)n(C2=[N+](CCC(C)C)C3C(=O)N(CC(N)=O)C(=O)N(C)C3=N2)n1. The van der Waals surface area contributed by atoms with E-state index in [9.17, 15) is 14.4 Å². The van der Waals surface area contributed by atoms with Gasteiger partial charge in [0.15, 0.2) is 0 Å². The van der Waals surface area contributed by atoms with Gasteiger partial charge in [-0.2, -0.15) is 0 Å². The number of nitrogens with zero attached hydrogens (tertiary/aromatic N) is 6.